The van der Waals surface area contributed by atoms with Crippen LogP contribution >= 0.6 is 11.3 Å². The number of rotatable bonds is 4. The molecule has 1 atom stereocenters. The minimum absolute atomic E-state index is 0.235. The highest BCUT2D eigenvalue weighted by Gasteiger charge is 2.24. The van der Waals surface area contributed by atoms with E-state index >= 15 is 0 Å². The predicted molar refractivity (Wildman–Crippen MR) is 80.1 cm³/mol. The predicted octanol–water partition coefficient (Wildman–Crippen LogP) is 3.65. The maximum atomic E-state index is 10.7. The quantitative estimate of drug-likeness (QED) is 0.637. The lowest BCUT2D eigenvalue weighted by molar-refractivity contribution is -0.380. The number of nitro groups is 1. The molecule has 3 rings (SSSR count). The van der Waals surface area contributed by atoms with Gasteiger partial charge in [0.1, 0.15) is 0 Å². The number of nitrogens with zero attached hydrogens (tertiary/aromatic N) is 2. The van der Waals surface area contributed by atoms with Crippen molar-refractivity contribution in [2.45, 2.75) is 18.9 Å². The molecule has 0 N–H and O–H groups in total. The Morgan fingerprint density at radius 3 is 2.85 bits per heavy atom. The van der Waals surface area contributed by atoms with Crippen molar-refractivity contribution in [1.82, 2.24) is 4.90 Å². The molecule has 1 aliphatic heterocycles. The fraction of sp³-hybridized carbons (Fsp3) is 0.333. The molecule has 1 aliphatic rings. The Hall–Kier alpha value is -1.72. The van der Waals surface area contributed by atoms with Gasteiger partial charge in [-0.1, -0.05) is 41.7 Å². The largest absolute Gasteiger partial charge is 0.324 e. The maximum Gasteiger partial charge on any atom is 0.324 e. The molecule has 0 saturated carbocycles. The van der Waals surface area contributed by atoms with E-state index in [4.69, 9.17) is 0 Å². The van der Waals surface area contributed by atoms with Crippen LogP contribution in [0.2, 0.25) is 0 Å². The third-order valence-electron chi connectivity index (χ3n) is 3.77. The number of hydrogen-bond acceptors (Lipinski definition) is 4. The fourth-order valence-corrected chi connectivity index (χ4v) is 3.49. The van der Waals surface area contributed by atoms with Gasteiger partial charge in [0.15, 0.2) is 0 Å². The number of likely N-dealkylation sites (tertiary alicyclic amines) is 1. The summed E-state index contributed by atoms with van der Waals surface area (Å²) in [7, 11) is 0. The van der Waals surface area contributed by atoms with Gasteiger partial charge >= 0.3 is 5.00 Å². The summed E-state index contributed by atoms with van der Waals surface area (Å²) in [5, 5.41) is 12.8. The van der Waals surface area contributed by atoms with Crippen LogP contribution in [0.15, 0.2) is 41.8 Å². The van der Waals surface area contributed by atoms with Crippen molar-refractivity contribution in [1.29, 1.82) is 0 Å². The molecule has 2 aromatic rings. The van der Waals surface area contributed by atoms with Crippen LogP contribution in [0.4, 0.5) is 5.00 Å². The van der Waals surface area contributed by atoms with Crippen molar-refractivity contribution < 1.29 is 4.92 Å². The van der Waals surface area contributed by atoms with Gasteiger partial charge in [-0.25, -0.2) is 0 Å². The molecule has 1 fully saturated rings. The fourth-order valence-electron chi connectivity index (χ4n) is 2.77. The normalized spacial score (nSPS) is 19.3. The Kier molecular flexibility index (Phi) is 3.80. The van der Waals surface area contributed by atoms with Gasteiger partial charge in [0, 0.05) is 24.5 Å². The highest BCUT2D eigenvalue weighted by molar-refractivity contribution is 7.13. The van der Waals surface area contributed by atoms with E-state index in [2.05, 4.69) is 29.2 Å². The van der Waals surface area contributed by atoms with Crippen molar-refractivity contribution >= 4 is 16.3 Å². The van der Waals surface area contributed by atoms with Crippen LogP contribution in [0, 0.1) is 10.1 Å². The van der Waals surface area contributed by atoms with E-state index in [0.29, 0.717) is 5.92 Å². The van der Waals surface area contributed by atoms with Gasteiger partial charge in [-0.15, -0.1) is 0 Å². The zero-order valence-corrected chi connectivity index (χ0v) is 11.9. The highest BCUT2D eigenvalue weighted by atomic mass is 32.1. The molecule has 5 heteroatoms. The first-order valence-electron chi connectivity index (χ1n) is 6.71. The molecule has 2 heterocycles. The van der Waals surface area contributed by atoms with Crippen LogP contribution in [-0.2, 0) is 6.54 Å². The summed E-state index contributed by atoms with van der Waals surface area (Å²) in [5.74, 6) is 0.588. The third kappa shape index (κ3) is 2.89. The molecule has 0 spiro atoms. The summed E-state index contributed by atoms with van der Waals surface area (Å²) in [6.07, 6.45) is 1.16. The van der Waals surface area contributed by atoms with Gasteiger partial charge in [-0.3, -0.25) is 15.0 Å². The minimum Gasteiger partial charge on any atom is -0.298 e. The standard InChI is InChI=1S/C15H16N2O2S/c18-17(19)15-8-12(11-20-15)9-16-7-6-14(10-16)13-4-2-1-3-5-13/h1-5,8,11,14H,6-7,9-10H2/t14-/m1/s1. The molecule has 1 saturated heterocycles. The monoisotopic (exact) mass is 288 g/mol. The first-order chi connectivity index (χ1) is 9.72. The number of thiophene rings is 1. The summed E-state index contributed by atoms with van der Waals surface area (Å²) < 4.78 is 0. The van der Waals surface area contributed by atoms with E-state index in [-0.39, 0.29) is 9.92 Å². The second-order valence-electron chi connectivity index (χ2n) is 5.18. The van der Waals surface area contributed by atoms with E-state index in [1.165, 1.54) is 16.9 Å². The molecule has 0 aliphatic carbocycles. The molecule has 0 radical (unpaired) electrons. The molecule has 1 aromatic heterocycles. The van der Waals surface area contributed by atoms with E-state index in [1.54, 1.807) is 6.07 Å². The van der Waals surface area contributed by atoms with Crippen molar-refractivity contribution in [3.8, 4) is 0 Å². The molecule has 1 aromatic carbocycles. The second kappa shape index (κ2) is 5.73. The first kappa shape index (κ1) is 13.3. The van der Waals surface area contributed by atoms with E-state index in [0.717, 1.165) is 31.6 Å². The van der Waals surface area contributed by atoms with Gasteiger partial charge in [-0.2, -0.15) is 0 Å². The summed E-state index contributed by atoms with van der Waals surface area (Å²) in [5.41, 5.74) is 2.45. The Morgan fingerprint density at radius 1 is 1.35 bits per heavy atom. The summed E-state index contributed by atoms with van der Waals surface area (Å²) in [4.78, 5) is 12.8. The van der Waals surface area contributed by atoms with Crippen LogP contribution < -0.4 is 0 Å². The average molecular weight is 288 g/mol. The molecular weight excluding hydrogens is 272 g/mol. The second-order valence-corrected chi connectivity index (χ2v) is 6.07. The summed E-state index contributed by atoms with van der Waals surface area (Å²) >= 11 is 1.21. The molecule has 4 nitrogen and oxygen atoms in total. The van der Waals surface area contributed by atoms with Crippen molar-refractivity contribution in [3.05, 3.63) is 63.0 Å². The highest BCUT2D eigenvalue weighted by Crippen LogP contribution is 2.29. The van der Waals surface area contributed by atoms with Gasteiger partial charge in [0.05, 0.1) is 4.92 Å². The molecule has 20 heavy (non-hydrogen) atoms. The van der Waals surface area contributed by atoms with Crippen LogP contribution in [0.1, 0.15) is 23.5 Å². The zero-order valence-electron chi connectivity index (χ0n) is 11.1. The van der Waals surface area contributed by atoms with Crippen LogP contribution in [0.25, 0.3) is 0 Å². The van der Waals surface area contributed by atoms with Gasteiger partial charge in [-0.05, 0) is 30.0 Å². The topological polar surface area (TPSA) is 46.4 Å². The number of benzene rings is 1. The van der Waals surface area contributed by atoms with E-state index in [1.807, 2.05) is 11.4 Å². The smallest absolute Gasteiger partial charge is 0.298 e. The lowest BCUT2D eigenvalue weighted by atomic mass is 9.99. The van der Waals surface area contributed by atoms with Gasteiger partial charge in [0.25, 0.3) is 0 Å². The summed E-state index contributed by atoms with van der Waals surface area (Å²) in [6, 6.07) is 12.3. The molecule has 0 unspecified atom stereocenters. The molecule has 0 bridgehead atoms. The van der Waals surface area contributed by atoms with Gasteiger partial charge < -0.3 is 0 Å². The van der Waals surface area contributed by atoms with Crippen LogP contribution in [0.3, 0.4) is 0 Å². The van der Waals surface area contributed by atoms with Crippen molar-refractivity contribution in [2.75, 3.05) is 13.1 Å². The van der Waals surface area contributed by atoms with E-state index < -0.39 is 0 Å². The average Bonchev–Trinajstić information content (AvgIpc) is 3.10. The molecule has 104 valence electrons. The van der Waals surface area contributed by atoms with E-state index in [9.17, 15) is 10.1 Å². The molecular formula is C15H16N2O2S. The van der Waals surface area contributed by atoms with Crippen LogP contribution in [0.5, 0.6) is 0 Å². The zero-order chi connectivity index (χ0) is 13.9. The van der Waals surface area contributed by atoms with Gasteiger partial charge in [0.2, 0.25) is 0 Å². The Morgan fingerprint density at radius 2 is 2.15 bits per heavy atom. The maximum absolute atomic E-state index is 10.7. The minimum atomic E-state index is -0.315. The Labute approximate surface area is 121 Å². The lowest BCUT2D eigenvalue weighted by Gasteiger charge is -2.15. The molecule has 0 amide bonds. The third-order valence-corrected chi connectivity index (χ3v) is 4.70. The lowest BCUT2D eigenvalue weighted by Crippen LogP contribution is -2.19. The van der Waals surface area contributed by atoms with Crippen LogP contribution in [-0.4, -0.2) is 22.9 Å². The SMILES string of the molecule is O=[N+]([O-])c1cc(CN2CC[C@@H](c3ccccc3)C2)cs1. The first-order valence-corrected chi connectivity index (χ1v) is 7.59. The Balaban J connectivity index is 1.61. The summed E-state index contributed by atoms with van der Waals surface area (Å²) in [6.45, 7) is 2.91. The number of hydrogen-bond donors (Lipinski definition) is 0. The Bertz CT molecular complexity index is 597. The van der Waals surface area contributed by atoms with Crippen molar-refractivity contribution in [3.63, 3.8) is 0 Å². The van der Waals surface area contributed by atoms with Crippen molar-refractivity contribution in [2.24, 2.45) is 0 Å².